The molecule has 0 bridgehead atoms. The van der Waals surface area contributed by atoms with Crippen LogP contribution >= 0.6 is 35.2 Å². The topological polar surface area (TPSA) is 34.9 Å². The van der Waals surface area contributed by atoms with Gasteiger partial charge >= 0.3 is 0 Å². The average Bonchev–Trinajstić information content (AvgIpc) is 2.13. The Hall–Kier alpha value is -0.0400. The summed E-state index contributed by atoms with van der Waals surface area (Å²) in [4.78, 5) is 15.6. The Bertz CT molecular complexity index is 375. The Morgan fingerprint density at radius 3 is 2.86 bits per heavy atom. The van der Waals surface area contributed by atoms with Crippen LogP contribution < -0.4 is 5.56 Å². The van der Waals surface area contributed by atoms with E-state index in [1.54, 1.807) is 17.1 Å². The molecule has 0 spiro atoms. The summed E-state index contributed by atoms with van der Waals surface area (Å²) in [7, 11) is 0. The number of hydrogen-bond donors (Lipinski definition) is 1. The zero-order valence-electron chi connectivity index (χ0n) is 8.20. The molecule has 5 heteroatoms. The van der Waals surface area contributed by atoms with Crippen molar-refractivity contribution in [2.45, 2.75) is 20.4 Å². The van der Waals surface area contributed by atoms with Crippen LogP contribution in [-0.4, -0.2) is 15.3 Å². The highest BCUT2D eigenvalue weighted by Crippen LogP contribution is 2.18. The van der Waals surface area contributed by atoms with Crippen molar-refractivity contribution < 1.29 is 0 Å². The molecule has 14 heavy (non-hydrogen) atoms. The first-order valence-corrected chi connectivity index (χ1v) is 5.98. The lowest BCUT2D eigenvalue weighted by Crippen LogP contribution is -2.30. The van der Waals surface area contributed by atoms with Crippen molar-refractivity contribution in [1.29, 1.82) is 0 Å². The first-order chi connectivity index (χ1) is 6.46. The minimum absolute atomic E-state index is 0.0129. The summed E-state index contributed by atoms with van der Waals surface area (Å²) in [6, 6.07) is 0. The van der Waals surface area contributed by atoms with Crippen LogP contribution in [0.4, 0.5) is 0 Å². The SMILES string of the molecule is CC(C)(CS)Cn1cncc(I)c1=O. The van der Waals surface area contributed by atoms with Crippen molar-refractivity contribution in [3.8, 4) is 0 Å². The van der Waals surface area contributed by atoms with Gasteiger partial charge in [-0.05, 0) is 33.8 Å². The van der Waals surface area contributed by atoms with Gasteiger partial charge in [0, 0.05) is 12.7 Å². The van der Waals surface area contributed by atoms with Crippen LogP contribution in [0.3, 0.4) is 0 Å². The van der Waals surface area contributed by atoms with Crippen molar-refractivity contribution in [1.82, 2.24) is 9.55 Å². The van der Waals surface area contributed by atoms with E-state index in [4.69, 9.17) is 0 Å². The molecule has 1 rings (SSSR count). The van der Waals surface area contributed by atoms with Gasteiger partial charge < -0.3 is 0 Å². The normalized spacial score (nSPS) is 11.7. The van der Waals surface area contributed by atoms with Crippen molar-refractivity contribution >= 4 is 35.2 Å². The molecule has 0 unspecified atom stereocenters. The van der Waals surface area contributed by atoms with Crippen LogP contribution in [0.5, 0.6) is 0 Å². The van der Waals surface area contributed by atoms with Gasteiger partial charge in [-0.2, -0.15) is 12.6 Å². The van der Waals surface area contributed by atoms with Gasteiger partial charge in [0.05, 0.1) is 9.90 Å². The van der Waals surface area contributed by atoms with E-state index in [2.05, 4.69) is 31.5 Å². The van der Waals surface area contributed by atoms with E-state index in [-0.39, 0.29) is 11.0 Å². The van der Waals surface area contributed by atoms with E-state index < -0.39 is 0 Å². The first-order valence-electron chi connectivity index (χ1n) is 4.27. The van der Waals surface area contributed by atoms with Gasteiger partial charge in [0.25, 0.3) is 5.56 Å². The second-order valence-corrected chi connectivity index (χ2v) is 5.48. The maximum Gasteiger partial charge on any atom is 0.266 e. The molecule has 0 aliphatic rings. The summed E-state index contributed by atoms with van der Waals surface area (Å²) in [6.07, 6.45) is 3.16. The van der Waals surface area contributed by atoms with Gasteiger partial charge in [-0.1, -0.05) is 13.8 Å². The molecular formula is C9H13IN2OS. The van der Waals surface area contributed by atoms with Crippen molar-refractivity contribution in [2.24, 2.45) is 5.41 Å². The monoisotopic (exact) mass is 324 g/mol. The largest absolute Gasteiger partial charge is 0.298 e. The second kappa shape index (κ2) is 4.65. The molecule has 0 aromatic carbocycles. The molecule has 0 saturated carbocycles. The van der Waals surface area contributed by atoms with Crippen LogP contribution in [0.2, 0.25) is 0 Å². The summed E-state index contributed by atoms with van der Waals surface area (Å²) in [5, 5.41) is 0. The summed E-state index contributed by atoms with van der Waals surface area (Å²) in [5.74, 6) is 0.741. The third-order valence-corrected chi connectivity index (χ3v) is 3.48. The number of thiol groups is 1. The van der Waals surface area contributed by atoms with Crippen molar-refractivity contribution in [2.75, 3.05) is 5.75 Å². The molecule has 0 atom stereocenters. The fourth-order valence-electron chi connectivity index (χ4n) is 1.05. The molecule has 1 heterocycles. The lowest BCUT2D eigenvalue weighted by atomic mass is 9.96. The zero-order chi connectivity index (χ0) is 10.8. The Morgan fingerprint density at radius 1 is 1.64 bits per heavy atom. The molecular weight excluding hydrogens is 311 g/mol. The molecule has 0 radical (unpaired) electrons. The summed E-state index contributed by atoms with van der Waals surface area (Å²) < 4.78 is 2.29. The summed E-state index contributed by atoms with van der Waals surface area (Å²) in [6.45, 7) is 4.80. The molecule has 0 fully saturated rings. The van der Waals surface area contributed by atoms with Crippen molar-refractivity contribution in [3.05, 3.63) is 26.4 Å². The predicted molar refractivity (Wildman–Crippen MR) is 68.8 cm³/mol. The fraction of sp³-hybridized carbons (Fsp3) is 0.556. The van der Waals surface area contributed by atoms with E-state index in [1.807, 2.05) is 22.6 Å². The molecule has 1 aromatic heterocycles. The second-order valence-electron chi connectivity index (χ2n) is 4.00. The van der Waals surface area contributed by atoms with Crippen LogP contribution in [0.1, 0.15) is 13.8 Å². The lowest BCUT2D eigenvalue weighted by molar-refractivity contribution is 0.344. The summed E-state index contributed by atoms with van der Waals surface area (Å²) >= 11 is 6.25. The zero-order valence-corrected chi connectivity index (χ0v) is 11.2. The van der Waals surface area contributed by atoms with Crippen LogP contribution in [0, 0.1) is 8.99 Å². The van der Waals surface area contributed by atoms with Gasteiger partial charge in [0.1, 0.15) is 0 Å². The predicted octanol–water partition coefficient (Wildman–Crippen LogP) is 1.80. The molecule has 1 aromatic rings. The molecule has 0 N–H and O–H groups in total. The number of nitrogens with zero attached hydrogens (tertiary/aromatic N) is 2. The van der Waals surface area contributed by atoms with Crippen LogP contribution in [0.25, 0.3) is 0 Å². The number of halogens is 1. The highest BCUT2D eigenvalue weighted by Gasteiger charge is 2.17. The molecule has 0 saturated heterocycles. The van der Waals surface area contributed by atoms with Gasteiger partial charge in [-0.15, -0.1) is 0 Å². The van der Waals surface area contributed by atoms with Crippen LogP contribution in [0.15, 0.2) is 17.3 Å². The highest BCUT2D eigenvalue weighted by molar-refractivity contribution is 14.1. The Balaban J connectivity index is 2.99. The molecule has 0 amide bonds. The smallest absolute Gasteiger partial charge is 0.266 e. The molecule has 3 nitrogen and oxygen atoms in total. The third kappa shape index (κ3) is 2.98. The van der Waals surface area contributed by atoms with Crippen molar-refractivity contribution in [3.63, 3.8) is 0 Å². The first kappa shape index (κ1) is 12.0. The standard InChI is InChI=1S/C9H13IN2OS/c1-9(2,5-14)4-12-6-11-3-7(10)8(12)13/h3,6,14H,4-5H2,1-2H3. The van der Waals surface area contributed by atoms with E-state index in [0.717, 1.165) is 5.75 Å². The van der Waals surface area contributed by atoms with Gasteiger partial charge in [-0.3, -0.25) is 9.36 Å². The Labute approximate surface area is 102 Å². The quantitative estimate of drug-likeness (QED) is 0.680. The molecule has 78 valence electrons. The summed E-state index contributed by atoms with van der Waals surface area (Å²) in [5.41, 5.74) is 0.0365. The molecule has 0 aliphatic carbocycles. The van der Waals surface area contributed by atoms with E-state index in [0.29, 0.717) is 10.1 Å². The average molecular weight is 324 g/mol. The highest BCUT2D eigenvalue weighted by atomic mass is 127. The van der Waals surface area contributed by atoms with Gasteiger partial charge in [-0.25, -0.2) is 4.98 Å². The minimum atomic E-state index is 0.0129. The van der Waals surface area contributed by atoms with Crippen LogP contribution in [-0.2, 0) is 6.54 Å². The Morgan fingerprint density at radius 2 is 2.29 bits per heavy atom. The maximum atomic E-state index is 11.7. The number of rotatable bonds is 3. The Kier molecular flexibility index (Phi) is 4.00. The van der Waals surface area contributed by atoms with Gasteiger partial charge in [0.2, 0.25) is 0 Å². The minimum Gasteiger partial charge on any atom is -0.298 e. The molecule has 0 aliphatic heterocycles. The van der Waals surface area contributed by atoms with Gasteiger partial charge in [0.15, 0.2) is 0 Å². The third-order valence-electron chi connectivity index (χ3n) is 1.89. The van der Waals surface area contributed by atoms with E-state index in [1.165, 1.54) is 0 Å². The fourth-order valence-corrected chi connectivity index (χ4v) is 1.62. The number of hydrogen-bond acceptors (Lipinski definition) is 3. The lowest BCUT2D eigenvalue weighted by Gasteiger charge is -2.22. The van der Waals surface area contributed by atoms with E-state index >= 15 is 0 Å². The number of aromatic nitrogens is 2. The maximum absolute atomic E-state index is 11.7. The van der Waals surface area contributed by atoms with E-state index in [9.17, 15) is 4.79 Å².